The van der Waals surface area contributed by atoms with Gasteiger partial charge in [-0.3, -0.25) is 0 Å². The molecule has 0 heterocycles. The van der Waals surface area contributed by atoms with Crippen molar-refractivity contribution in [3.8, 4) is 0 Å². The summed E-state index contributed by atoms with van der Waals surface area (Å²) in [4.78, 5) is 0. The predicted octanol–water partition coefficient (Wildman–Crippen LogP) is 9.77. The first-order valence-corrected chi connectivity index (χ1v) is 15.9. The number of halogens is 2. The van der Waals surface area contributed by atoms with Crippen LogP contribution in [0.2, 0.25) is 5.28 Å². The minimum atomic E-state index is -1.32. The van der Waals surface area contributed by atoms with E-state index in [1.54, 1.807) is 0 Å². The molecule has 0 atom stereocenters. The molecule has 0 aromatic carbocycles. The van der Waals surface area contributed by atoms with E-state index in [1.165, 1.54) is 128 Å². The summed E-state index contributed by atoms with van der Waals surface area (Å²) in [7, 11) is 11.7. The van der Waals surface area contributed by atoms with Gasteiger partial charge in [0.2, 0.25) is 0 Å². The van der Waals surface area contributed by atoms with Gasteiger partial charge in [-0.05, 0) is 0 Å². The Morgan fingerprint density at radius 2 is 0.640 bits per heavy atom. The first-order chi connectivity index (χ1) is 12.3. The van der Waals surface area contributed by atoms with Crippen molar-refractivity contribution in [3.05, 3.63) is 0 Å². The van der Waals surface area contributed by atoms with Crippen molar-refractivity contribution in [2.24, 2.45) is 0 Å². The van der Waals surface area contributed by atoms with Crippen molar-refractivity contribution in [3.63, 3.8) is 0 Å². The lowest BCUT2D eigenvalue weighted by atomic mass is 10.0. The average Bonchev–Trinajstić information content (AvgIpc) is 2.60. The normalized spacial score (nSPS) is 11.2. The highest BCUT2D eigenvalue weighted by Gasteiger charge is 2.08. The molecule has 0 saturated carbocycles. The molecule has 0 saturated heterocycles. The van der Waals surface area contributed by atoms with Gasteiger partial charge in [-0.2, -0.15) is 0 Å². The van der Waals surface area contributed by atoms with Crippen molar-refractivity contribution in [1.82, 2.24) is 0 Å². The topological polar surface area (TPSA) is 0 Å². The van der Waals surface area contributed by atoms with Crippen LogP contribution in [-0.2, 0) is 0 Å². The summed E-state index contributed by atoms with van der Waals surface area (Å²) in [5, 5.41) is 1.10. The maximum absolute atomic E-state index is 5.87. The van der Waals surface area contributed by atoms with Crippen molar-refractivity contribution < 1.29 is 0 Å². The van der Waals surface area contributed by atoms with Crippen LogP contribution in [0.1, 0.15) is 135 Å². The van der Waals surface area contributed by atoms with Crippen LogP contribution in [0.3, 0.4) is 0 Å². The smallest absolute Gasteiger partial charge is 0.234 e. The molecule has 0 aromatic rings. The average molecular weight is 407 g/mol. The lowest BCUT2D eigenvalue weighted by Gasteiger charge is -2.04. The molecule has 0 rings (SSSR count). The van der Waals surface area contributed by atoms with Gasteiger partial charge in [0, 0.05) is 0 Å². The molecule has 0 N–H and O–H groups in total. The van der Waals surface area contributed by atoms with Gasteiger partial charge >= 0.3 is 12.3 Å². The molecular weight excluding hydrogens is 362 g/mol. The minimum Gasteiger partial charge on any atom is -0.234 e. The Hall–Kier alpha value is 1.11. The van der Waals surface area contributed by atoms with Gasteiger partial charge in [-0.25, -0.2) is 20.1 Å². The number of hydrogen-bond donors (Lipinski definition) is 0. The third-order valence-electron chi connectivity index (χ3n) is 5.28. The van der Waals surface area contributed by atoms with E-state index < -0.39 is 12.3 Å². The van der Waals surface area contributed by atoms with Crippen LogP contribution in [0.15, 0.2) is 0 Å². The summed E-state index contributed by atoms with van der Waals surface area (Å²) < 4.78 is 0. The maximum Gasteiger partial charge on any atom is 0.519 e. The van der Waals surface area contributed by atoms with Crippen LogP contribution >= 0.6 is 20.1 Å². The Bertz CT molecular complexity index is 234. The molecule has 0 unspecified atom stereocenters. The molecule has 0 nitrogen and oxygen atoms in total. The fourth-order valence-electron chi connectivity index (χ4n) is 3.55. The van der Waals surface area contributed by atoms with Gasteiger partial charge in [-0.1, -0.05) is 141 Å². The molecule has 0 aromatic heterocycles. The van der Waals surface area contributed by atoms with E-state index in [0.29, 0.717) is 0 Å². The molecule has 0 spiro atoms. The van der Waals surface area contributed by atoms with E-state index in [2.05, 4.69) is 6.92 Å². The lowest BCUT2D eigenvalue weighted by Crippen LogP contribution is -1.91. The summed E-state index contributed by atoms with van der Waals surface area (Å²) in [5.74, 6) is 0. The van der Waals surface area contributed by atoms with E-state index in [0.717, 1.165) is 5.28 Å². The molecule has 0 aliphatic rings. The lowest BCUT2D eigenvalue weighted by molar-refractivity contribution is 0.523. The van der Waals surface area contributed by atoms with Crippen LogP contribution in [0.25, 0.3) is 0 Å². The first kappa shape index (κ1) is 26.1. The monoisotopic (exact) mass is 406 g/mol. The van der Waals surface area contributed by atoms with Crippen molar-refractivity contribution >= 4 is 32.4 Å². The van der Waals surface area contributed by atoms with Gasteiger partial charge in [0.25, 0.3) is 0 Å². The second-order valence-electron chi connectivity index (χ2n) is 7.90. The van der Waals surface area contributed by atoms with Gasteiger partial charge < -0.3 is 0 Å². The molecule has 0 aliphatic heterocycles. The number of unbranched alkanes of at least 4 members (excludes halogenated alkanes) is 19. The molecule has 25 heavy (non-hydrogen) atoms. The molecule has 150 valence electrons. The summed E-state index contributed by atoms with van der Waals surface area (Å²) >= 11 is -1.32. The van der Waals surface area contributed by atoms with E-state index in [9.17, 15) is 0 Å². The van der Waals surface area contributed by atoms with Crippen molar-refractivity contribution in [2.45, 2.75) is 141 Å². The maximum atomic E-state index is 5.87. The Morgan fingerprint density at radius 3 is 0.880 bits per heavy atom. The zero-order chi connectivity index (χ0) is 18.4. The number of rotatable bonds is 21. The van der Waals surface area contributed by atoms with Gasteiger partial charge in [0.15, 0.2) is 0 Å². The highest BCUT2D eigenvalue weighted by atomic mass is 35.7. The third kappa shape index (κ3) is 25.1. The Morgan fingerprint density at radius 1 is 0.400 bits per heavy atom. The molecule has 0 amide bonds. The largest absolute Gasteiger partial charge is 0.519 e. The zero-order valence-corrected chi connectivity index (χ0v) is 19.8. The summed E-state index contributed by atoms with van der Waals surface area (Å²) in [5.41, 5.74) is 0. The van der Waals surface area contributed by atoms with E-state index >= 15 is 0 Å². The second kappa shape index (κ2) is 23.2. The summed E-state index contributed by atoms with van der Waals surface area (Å²) in [6.45, 7) is 2.30. The van der Waals surface area contributed by atoms with E-state index in [4.69, 9.17) is 20.1 Å². The Kier molecular flexibility index (Phi) is 24.2. The highest BCUT2D eigenvalue weighted by molar-refractivity contribution is 7.33. The predicted molar refractivity (Wildman–Crippen MR) is 120 cm³/mol. The van der Waals surface area contributed by atoms with E-state index in [-0.39, 0.29) is 0 Å². The fraction of sp³-hybridized carbons (Fsp3) is 1.00. The Balaban J connectivity index is 2.96. The van der Waals surface area contributed by atoms with Crippen molar-refractivity contribution in [1.29, 1.82) is 0 Å². The van der Waals surface area contributed by atoms with Crippen LogP contribution in [0, 0.1) is 0 Å². The Labute approximate surface area is 172 Å². The molecule has 0 bridgehead atoms. The van der Waals surface area contributed by atoms with Gasteiger partial charge in [0.05, 0.1) is 0 Å². The van der Waals surface area contributed by atoms with Crippen LogP contribution in [-0.4, -0.2) is 12.3 Å². The van der Waals surface area contributed by atoms with Crippen LogP contribution in [0.4, 0.5) is 0 Å². The van der Waals surface area contributed by atoms with Crippen molar-refractivity contribution in [2.75, 3.05) is 0 Å². The zero-order valence-electron chi connectivity index (χ0n) is 17.2. The second-order valence-corrected chi connectivity index (χ2v) is 13.1. The minimum absolute atomic E-state index is 1.10. The third-order valence-corrected chi connectivity index (χ3v) is 7.43. The number of hydrogen-bond acceptors (Lipinski definition) is 0. The molecule has 3 heteroatoms. The quantitative estimate of drug-likeness (QED) is 0.131. The summed E-state index contributed by atoms with van der Waals surface area (Å²) in [6.07, 6.45) is 28.7. The van der Waals surface area contributed by atoms with Gasteiger partial charge in [-0.15, -0.1) is 0 Å². The highest BCUT2D eigenvalue weighted by Crippen LogP contribution is 2.16. The van der Waals surface area contributed by atoms with Gasteiger partial charge in [0.1, 0.15) is 0 Å². The molecule has 0 aliphatic carbocycles. The molecule has 0 fully saturated rings. The fourth-order valence-corrected chi connectivity index (χ4v) is 5.08. The summed E-state index contributed by atoms with van der Waals surface area (Å²) in [6, 6.07) is 0. The standard InChI is InChI=1S/C22H45.Al.2ClH/c1-3-5-7-9-11-13-15-17-19-21-22-20-18-16-14-12-10-8-6-4-2;;;/h1,3-22H2,2H3;;2*1H/q;+2;;/p-2. The molecule has 0 radical (unpaired) electrons. The molecular formula is C22H45AlCl2. The van der Waals surface area contributed by atoms with Crippen LogP contribution < -0.4 is 0 Å². The van der Waals surface area contributed by atoms with E-state index in [1.807, 2.05) is 0 Å². The SMILES string of the molecule is CCCCCCCCCCCCCCCCCCCCC[CH2][Al]([Cl])[Cl]. The first-order valence-electron chi connectivity index (χ1n) is 11.6. The van der Waals surface area contributed by atoms with Crippen LogP contribution in [0.5, 0.6) is 0 Å².